The number of nitrogens with one attached hydrogen (secondary N) is 1. The molecule has 8 nitrogen and oxygen atoms in total. The molecule has 1 amide bonds. The Balaban J connectivity index is 1.93. The van der Waals surface area contributed by atoms with Crippen molar-refractivity contribution < 1.29 is 27.9 Å². The van der Waals surface area contributed by atoms with E-state index in [0.29, 0.717) is 31.6 Å². The highest BCUT2D eigenvalue weighted by molar-refractivity contribution is 7.88. The fourth-order valence-electron chi connectivity index (χ4n) is 2.53. The van der Waals surface area contributed by atoms with Gasteiger partial charge in [-0.3, -0.25) is 4.79 Å². The lowest BCUT2D eigenvalue weighted by Gasteiger charge is -2.29. The number of carboxylic acid groups (broad SMARTS) is 1. The molecule has 138 valence electrons. The van der Waals surface area contributed by atoms with Crippen molar-refractivity contribution in [2.75, 3.05) is 31.3 Å². The van der Waals surface area contributed by atoms with Gasteiger partial charge in [-0.2, -0.15) is 0 Å². The Morgan fingerprint density at radius 3 is 2.52 bits per heavy atom. The van der Waals surface area contributed by atoms with Gasteiger partial charge in [0.1, 0.15) is 5.75 Å². The maximum atomic E-state index is 12.3. The summed E-state index contributed by atoms with van der Waals surface area (Å²) >= 11 is 6.01. The molecule has 0 spiro atoms. The standard InChI is InChI=1S/C15H19ClN2O6S/c1-25(22,23)18-6-4-10(5-7-18)15(21)17-11-2-3-13(12(16)8-11)24-9-14(19)20/h2-3,8,10H,4-7,9H2,1H3,(H,17,21)(H,19,20). The molecule has 0 unspecified atom stereocenters. The van der Waals surface area contributed by atoms with Crippen molar-refractivity contribution in [3.05, 3.63) is 23.2 Å². The lowest BCUT2D eigenvalue weighted by molar-refractivity contribution is -0.139. The van der Waals surface area contributed by atoms with E-state index in [0.717, 1.165) is 6.26 Å². The van der Waals surface area contributed by atoms with Crippen LogP contribution in [0.2, 0.25) is 5.02 Å². The van der Waals surface area contributed by atoms with Crippen LogP contribution in [0.3, 0.4) is 0 Å². The number of amides is 1. The zero-order valence-electron chi connectivity index (χ0n) is 13.6. The van der Waals surface area contributed by atoms with Gasteiger partial charge in [-0.1, -0.05) is 11.6 Å². The van der Waals surface area contributed by atoms with Gasteiger partial charge < -0.3 is 15.2 Å². The summed E-state index contributed by atoms with van der Waals surface area (Å²) in [6.45, 7) is 0.129. The minimum atomic E-state index is -3.23. The van der Waals surface area contributed by atoms with E-state index in [1.165, 1.54) is 16.4 Å². The van der Waals surface area contributed by atoms with Gasteiger partial charge in [0, 0.05) is 24.7 Å². The highest BCUT2D eigenvalue weighted by Gasteiger charge is 2.29. The van der Waals surface area contributed by atoms with Gasteiger partial charge in [0.15, 0.2) is 6.61 Å². The zero-order chi connectivity index (χ0) is 18.6. The average Bonchev–Trinajstić information content (AvgIpc) is 2.53. The Labute approximate surface area is 150 Å². The summed E-state index contributed by atoms with van der Waals surface area (Å²) in [4.78, 5) is 22.8. The van der Waals surface area contributed by atoms with Crippen LogP contribution < -0.4 is 10.1 Å². The summed E-state index contributed by atoms with van der Waals surface area (Å²) in [6, 6.07) is 4.52. The summed E-state index contributed by atoms with van der Waals surface area (Å²) in [7, 11) is -3.23. The van der Waals surface area contributed by atoms with Gasteiger partial charge in [0.05, 0.1) is 11.3 Å². The number of carbonyl (C=O) groups excluding carboxylic acids is 1. The van der Waals surface area contributed by atoms with Crippen LogP contribution in [0.5, 0.6) is 5.75 Å². The molecule has 0 aliphatic carbocycles. The predicted octanol–water partition coefficient (Wildman–Crippen LogP) is 1.41. The molecule has 1 aliphatic rings. The quantitative estimate of drug-likeness (QED) is 0.759. The molecule has 10 heteroatoms. The second-order valence-corrected chi connectivity index (χ2v) is 8.14. The summed E-state index contributed by atoms with van der Waals surface area (Å²) in [5.41, 5.74) is 0.461. The topological polar surface area (TPSA) is 113 Å². The fraction of sp³-hybridized carbons (Fsp3) is 0.467. The molecule has 0 radical (unpaired) electrons. The van der Waals surface area contributed by atoms with Gasteiger partial charge in [-0.05, 0) is 31.0 Å². The fourth-order valence-corrected chi connectivity index (χ4v) is 3.64. The highest BCUT2D eigenvalue weighted by Crippen LogP contribution is 2.28. The molecule has 25 heavy (non-hydrogen) atoms. The molecule has 1 saturated heterocycles. The van der Waals surface area contributed by atoms with Crippen LogP contribution in [-0.2, 0) is 19.6 Å². The Morgan fingerprint density at radius 1 is 1.36 bits per heavy atom. The number of piperidine rings is 1. The first-order valence-corrected chi connectivity index (χ1v) is 9.79. The lowest BCUT2D eigenvalue weighted by atomic mass is 9.97. The minimum Gasteiger partial charge on any atom is -0.480 e. The first-order valence-electron chi connectivity index (χ1n) is 7.57. The van der Waals surface area contributed by atoms with Crippen molar-refractivity contribution in [2.24, 2.45) is 5.92 Å². The van der Waals surface area contributed by atoms with Gasteiger partial charge in [-0.25, -0.2) is 17.5 Å². The second kappa shape index (κ2) is 8.03. The lowest BCUT2D eigenvalue weighted by Crippen LogP contribution is -2.40. The van der Waals surface area contributed by atoms with E-state index in [4.69, 9.17) is 21.4 Å². The molecule has 1 heterocycles. The molecule has 2 N–H and O–H groups in total. The van der Waals surface area contributed by atoms with Crippen LogP contribution in [0.4, 0.5) is 5.69 Å². The van der Waals surface area contributed by atoms with E-state index in [9.17, 15) is 18.0 Å². The maximum Gasteiger partial charge on any atom is 0.341 e. The van der Waals surface area contributed by atoms with Gasteiger partial charge in [-0.15, -0.1) is 0 Å². The summed E-state index contributed by atoms with van der Waals surface area (Å²) in [5.74, 6) is -1.39. The number of aliphatic carboxylic acids is 1. The molecule has 0 atom stereocenters. The van der Waals surface area contributed by atoms with Gasteiger partial charge in [0.25, 0.3) is 0 Å². The van der Waals surface area contributed by atoms with Crippen molar-refractivity contribution in [3.63, 3.8) is 0 Å². The van der Waals surface area contributed by atoms with E-state index < -0.39 is 22.6 Å². The van der Waals surface area contributed by atoms with E-state index in [1.807, 2.05) is 0 Å². The molecule has 2 rings (SSSR count). The number of hydrogen-bond acceptors (Lipinski definition) is 5. The molecule has 0 bridgehead atoms. The number of sulfonamides is 1. The Bertz CT molecular complexity index is 759. The molecule has 1 aromatic rings. The largest absolute Gasteiger partial charge is 0.480 e. The maximum absolute atomic E-state index is 12.3. The molecule has 1 fully saturated rings. The molecule has 1 aliphatic heterocycles. The van der Waals surface area contributed by atoms with Crippen molar-refractivity contribution in [1.82, 2.24) is 4.31 Å². The van der Waals surface area contributed by atoms with Crippen LogP contribution in [0, 0.1) is 5.92 Å². The number of carboxylic acids is 1. The van der Waals surface area contributed by atoms with Crippen LogP contribution in [-0.4, -0.2) is 55.7 Å². The van der Waals surface area contributed by atoms with Crippen LogP contribution in [0.15, 0.2) is 18.2 Å². The van der Waals surface area contributed by atoms with E-state index in [2.05, 4.69) is 5.32 Å². The molecule has 0 aromatic heterocycles. The second-order valence-electron chi connectivity index (χ2n) is 5.75. The van der Waals surface area contributed by atoms with Crippen molar-refractivity contribution in [3.8, 4) is 5.75 Å². The third kappa shape index (κ3) is 5.58. The number of benzene rings is 1. The third-order valence-corrected chi connectivity index (χ3v) is 5.44. The Kier molecular flexibility index (Phi) is 6.26. The van der Waals surface area contributed by atoms with E-state index in [-0.39, 0.29) is 22.6 Å². The van der Waals surface area contributed by atoms with Crippen LogP contribution in [0.1, 0.15) is 12.8 Å². The van der Waals surface area contributed by atoms with Gasteiger partial charge >= 0.3 is 5.97 Å². The monoisotopic (exact) mass is 390 g/mol. The zero-order valence-corrected chi connectivity index (χ0v) is 15.1. The van der Waals surface area contributed by atoms with Gasteiger partial charge in [0.2, 0.25) is 15.9 Å². The number of anilines is 1. The summed E-state index contributed by atoms with van der Waals surface area (Å²) in [5, 5.41) is 11.5. The first kappa shape index (κ1) is 19.5. The smallest absolute Gasteiger partial charge is 0.341 e. The van der Waals surface area contributed by atoms with Crippen molar-refractivity contribution >= 4 is 39.2 Å². The average molecular weight is 391 g/mol. The third-order valence-electron chi connectivity index (χ3n) is 3.84. The SMILES string of the molecule is CS(=O)(=O)N1CCC(C(=O)Nc2ccc(OCC(=O)O)c(Cl)c2)CC1. The number of halogens is 1. The number of rotatable bonds is 6. The molecular weight excluding hydrogens is 372 g/mol. The number of ether oxygens (including phenoxy) is 1. The Hall–Kier alpha value is -1.84. The molecule has 1 aromatic carbocycles. The number of carbonyl (C=O) groups is 2. The van der Waals surface area contributed by atoms with E-state index >= 15 is 0 Å². The number of nitrogens with zero attached hydrogens (tertiary/aromatic N) is 1. The summed E-state index contributed by atoms with van der Waals surface area (Å²) in [6.07, 6.45) is 2.06. The van der Waals surface area contributed by atoms with E-state index in [1.54, 1.807) is 6.07 Å². The molecular formula is C15H19ClN2O6S. The normalized spacial score (nSPS) is 16.4. The van der Waals surface area contributed by atoms with Crippen molar-refractivity contribution in [2.45, 2.75) is 12.8 Å². The van der Waals surface area contributed by atoms with Crippen molar-refractivity contribution in [1.29, 1.82) is 0 Å². The highest BCUT2D eigenvalue weighted by atomic mass is 35.5. The summed E-state index contributed by atoms with van der Waals surface area (Å²) < 4.78 is 29.3. The van der Waals surface area contributed by atoms with Crippen LogP contribution in [0.25, 0.3) is 0 Å². The Morgan fingerprint density at radius 2 is 2.00 bits per heavy atom. The first-order chi connectivity index (χ1) is 11.7. The van der Waals surface area contributed by atoms with Crippen LogP contribution >= 0.6 is 11.6 Å². The number of hydrogen-bond donors (Lipinski definition) is 2. The minimum absolute atomic E-state index is 0.186. The molecule has 0 saturated carbocycles. The predicted molar refractivity (Wildman–Crippen MR) is 92.4 cm³/mol.